The van der Waals surface area contributed by atoms with Crippen molar-refractivity contribution in [3.05, 3.63) is 0 Å². The maximum absolute atomic E-state index is 12.7. The van der Waals surface area contributed by atoms with Crippen molar-refractivity contribution in [2.24, 2.45) is 16.7 Å². The van der Waals surface area contributed by atoms with Gasteiger partial charge < -0.3 is 9.84 Å². The van der Waals surface area contributed by atoms with E-state index in [9.17, 15) is 14.7 Å². The predicted octanol–water partition coefficient (Wildman–Crippen LogP) is 5.05. The van der Waals surface area contributed by atoms with Crippen LogP contribution >= 0.6 is 0 Å². The van der Waals surface area contributed by atoms with Crippen molar-refractivity contribution >= 4 is 11.9 Å². The molecule has 0 bridgehead atoms. The molecule has 0 rings (SSSR count). The minimum atomic E-state index is -1.52. The normalized spacial score (nSPS) is 16.0. The van der Waals surface area contributed by atoms with Gasteiger partial charge in [0.2, 0.25) is 0 Å². The molecule has 136 valence electrons. The van der Waals surface area contributed by atoms with Crippen LogP contribution in [0.3, 0.4) is 0 Å². The van der Waals surface area contributed by atoms with Crippen LogP contribution in [0, 0.1) is 16.7 Å². The third kappa shape index (κ3) is 5.50. The first-order chi connectivity index (χ1) is 10.5. The van der Waals surface area contributed by atoms with Gasteiger partial charge in [-0.2, -0.15) is 0 Å². The number of ether oxygens (including phenoxy) is 1. The van der Waals surface area contributed by atoms with Crippen LogP contribution in [0.4, 0.5) is 0 Å². The van der Waals surface area contributed by atoms with Gasteiger partial charge in [-0.1, -0.05) is 67.2 Å². The molecule has 0 aliphatic rings. The van der Waals surface area contributed by atoms with Gasteiger partial charge in [0.25, 0.3) is 0 Å². The number of unbranched alkanes of at least 4 members (excludes halogenated alkanes) is 4. The molecule has 0 heterocycles. The molecule has 2 atom stereocenters. The summed E-state index contributed by atoms with van der Waals surface area (Å²) in [5.74, 6) is -2.04. The summed E-state index contributed by atoms with van der Waals surface area (Å²) in [6.07, 6.45) is 6.30. The fourth-order valence-corrected chi connectivity index (χ4v) is 3.43. The number of carboxylic acid groups (broad SMARTS) is 1. The summed E-state index contributed by atoms with van der Waals surface area (Å²) in [5.41, 5.74) is -2.24. The van der Waals surface area contributed by atoms with Gasteiger partial charge in [-0.05, 0) is 31.1 Å². The van der Waals surface area contributed by atoms with Gasteiger partial charge in [0, 0.05) is 0 Å². The van der Waals surface area contributed by atoms with Crippen molar-refractivity contribution in [3.63, 3.8) is 0 Å². The topological polar surface area (TPSA) is 63.6 Å². The van der Waals surface area contributed by atoms with E-state index in [4.69, 9.17) is 4.74 Å². The number of esters is 1. The lowest BCUT2D eigenvalue weighted by atomic mass is 9.60. The monoisotopic (exact) mass is 328 g/mol. The molecule has 1 N–H and O–H groups in total. The molecule has 0 aliphatic heterocycles. The largest absolute Gasteiger partial charge is 0.480 e. The fourth-order valence-electron chi connectivity index (χ4n) is 3.43. The quantitative estimate of drug-likeness (QED) is 0.346. The van der Waals surface area contributed by atoms with Crippen LogP contribution in [0.1, 0.15) is 87.0 Å². The van der Waals surface area contributed by atoms with Gasteiger partial charge >= 0.3 is 11.9 Å². The highest BCUT2D eigenvalue weighted by Gasteiger charge is 2.58. The van der Waals surface area contributed by atoms with Gasteiger partial charge in [-0.15, -0.1) is 0 Å². The Hall–Kier alpha value is -1.06. The van der Waals surface area contributed by atoms with E-state index in [1.165, 1.54) is 19.3 Å². The summed E-state index contributed by atoms with van der Waals surface area (Å²) >= 11 is 0. The van der Waals surface area contributed by atoms with E-state index in [-0.39, 0.29) is 12.0 Å². The predicted molar refractivity (Wildman–Crippen MR) is 93.3 cm³/mol. The van der Waals surface area contributed by atoms with Gasteiger partial charge in [0.1, 0.15) is 0 Å². The summed E-state index contributed by atoms with van der Waals surface area (Å²) in [4.78, 5) is 24.7. The number of rotatable bonds is 10. The molecule has 0 aromatic heterocycles. The third-order valence-corrected chi connectivity index (χ3v) is 4.73. The zero-order chi connectivity index (χ0) is 18.3. The number of hydrogen-bond acceptors (Lipinski definition) is 3. The molecule has 0 amide bonds. The van der Waals surface area contributed by atoms with Crippen LogP contribution in [0.5, 0.6) is 0 Å². The van der Waals surface area contributed by atoms with Gasteiger partial charge in [-0.3, -0.25) is 9.59 Å². The van der Waals surface area contributed by atoms with Crippen molar-refractivity contribution in [2.75, 3.05) is 0 Å². The fraction of sp³-hybridized carbons (Fsp3) is 0.895. The van der Waals surface area contributed by atoms with Crippen molar-refractivity contribution in [1.82, 2.24) is 0 Å². The van der Waals surface area contributed by atoms with Crippen LogP contribution in [0.2, 0.25) is 0 Å². The van der Waals surface area contributed by atoms with Crippen molar-refractivity contribution < 1.29 is 19.4 Å². The number of hydrogen-bond donors (Lipinski definition) is 1. The summed E-state index contributed by atoms with van der Waals surface area (Å²) in [6.45, 7) is 12.9. The molecule has 2 unspecified atom stereocenters. The van der Waals surface area contributed by atoms with E-state index in [2.05, 4.69) is 6.92 Å². The van der Waals surface area contributed by atoms with Crippen molar-refractivity contribution in [2.45, 2.75) is 93.1 Å². The molecular weight excluding hydrogens is 292 g/mol. The summed E-state index contributed by atoms with van der Waals surface area (Å²) in [7, 11) is 0. The molecule has 0 aliphatic carbocycles. The van der Waals surface area contributed by atoms with E-state index in [0.29, 0.717) is 0 Å². The Morgan fingerprint density at radius 3 is 1.91 bits per heavy atom. The summed E-state index contributed by atoms with van der Waals surface area (Å²) in [5, 5.41) is 9.79. The number of carbonyl (C=O) groups excluding carboxylic acids is 1. The van der Waals surface area contributed by atoms with Crippen LogP contribution in [-0.4, -0.2) is 23.1 Å². The van der Waals surface area contributed by atoms with Crippen molar-refractivity contribution in [3.8, 4) is 0 Å². The molecule has 0 saturated heterocycles. The van der Waals surface area contributed by atoms with E-state index >= 15 is 0 Å². The second-order valence-electron chi connectivity index (χ2n) is 7.94. The van der Waals surface area contributed by atoms with E-state index in [1.54, 1.807) is 34.6 Å². The zero-order valence-electron chi connectivity index (χ0n) is 16.1. The van der Waals surface area contributed by atoms with E-state index in [0.717, 1.165) is 19.3 Å². The minimum absolute atomic E-state index is 0.246. The highest BCUT2D eigenvalue weighted by Crippen LogP contribution is 2.46. The van der Waals surface area contributed by atoms with E-state index in [1.807, 2.05) is 6.92 Å². The molecule has 0 aromatic rings. The highest BCUT2D eigenvalue weighted by molar-refractivity contribution is 6.00. The van der Waals surface area contributed by atoms with Gasteiger partial charge in [0.05, 0.1) is 6.10 Å². The third-order valence-electron chi connectivity index (χ3n) is 4.73. The van der Waals surface area contributed by atoms with Crippen LogP contribution in [-0.2, 0) is 14.3 Å². The standard InChI is InChI=1S/C19H36O4/c1-8-9-10-11-12-13-15(4)23-17(22)19(14(2)3,16(20)21)18(5,6)7/h14-15H,8-13H2,1-7H3,(H,20,21). The highest BCUT2D eigenvalue weighted by atomic mass is 16.5. The second-order valence-corrected chi connectivity index (χ2v) is 7.94. The summed E-state index contributed by atoms with van der Waals surface area (Å²) < 4.78 is 5.55. The lowest BCUT2D eigenvalue weighted by Crippen LogP contribution is -2.54. The Bertz CT molecular complexity index is 381. The zero-order valence-corrected chi connectivity index (χ0v) is 16.1. The maximum atomic E-state index is 12.7. The lowest BCUT2D eigenvalue weighted by molar-refractivity contribution is -0.186. The van der Waals surface area contributed by atoms with Crippen LogP contribution < -0.4 is 0 Å². The first kappa shape index (κ1) is 21.9. The average molecular weight is 328 g/mol. The molecule has 4 nitrogen and oxygen atoms in total. The number of aliphatic carboxylic acids is 1. The second kappa shape index (κ2) is 9.29. The van der Waals surface area contributed by atoms with Crippen LogP contribution in [0.15, 0.2) is 0 Å². The Kier molecular flexibility index (Phi) is 8.86. The van der Waals surface area contributed by atoms with Gasteiger partial charge in [0.15, 0.2) is 5.41 Å². The molecule has 4 heteroatoms. The Morgan fingerprint density at radius 2 is 1.52 bits per heavy atom. The van der Waals surface area contributed by atoms with Crippen molar-refractivity contribution in [1.29, 1.82) is 0 Å². The number of carbonyl (C=O) groups is 2. The molecule has 0 saturated carbocycles. The molecule has 0 spiro atoms. The Balaban J connectivity index is 4.90. The molecule has 0 radical (unpaired) electrons. The maximum Gasteiger partial charge on any atom is 0.324 e. The first-order valence-electron chi connectivity index (χ1n) is 8.96. The first-order valence-corrected chi connectivity index (χ1v) is 8.96. The molecule has 0 fully saturated rings. The Labute approximate surface area is 142 Å². The van der Waals surface area contributed by atoms with Gasteiger partial charge in [-0.25, -0.2) is 0 Å². The minimum Gasteiger partial charge on any atom is -0.480 e. The molecular formula is C19H36O4. The smallest absolute Gasteiger partial charge is 0.324 e. The number of carboxylic acids is 1. The van der Waals surface area contributed by atoms with E-state index < -0.39 is 22.8 Å². The average Bonchev–Trinajstić information content (AvgIpc) is 2.36. The Morgan fingerprint density at radius 1 is 1.00 bits per heavy atom. The van der Waals surface area contributed by atoms with Crippen LogP contribution in [0.25, 0.3) is 0 Å². The molecule has 0 aromatic carbocycles. The molecule has 23 heavy (non-hydrogen) atoms. The summed E-state index contributed by atoms with van der Waals surface area (Å²) in [6, 6.07) is 0. The lowest BCUT2D eigenvalue weighted by Gasteiger charge is -2.42. The SMILES string of the molecule is CCCCCCCC(C)OC(=O)C(C(=O)O)(C(C)C)C(C)(C)C.